The second-order valence-corrected chi connectivity index (χ2v) is 8.62. The highest BCUT2D eigenvalue weighted by Gasteiger charge is 2.47. The molecule has 0 unspecified atom stereocenters. The van der Waals surface area contributed by atoms with Crippen molar-refractivity contribution in [2.24, 2.45) is 5.92 Å². The molecule has 3 atom stereocenters. The van der Waals surface area contributed by atoms with Crippen LogP contribution in [0.4, 0.5) is 23.4 Å². The van der Waals surface area contributed by atoms with Crippen molar-refractivity contribution in [3.8, 4) is 11.5 Å². The van der Waals surface area contributed by atoms with Crippen LogP contribution in [0, 0.1) is 18.7 Å². The van der Waals surface area contributed by atoms with E-state index in [1.807, 2.05) is 0 Å². The number of rotatable bonds is 4. The number of fused-ring (bicyclic) bond motifs is 2. The summed E-state index contributed by atoms with van der Waals surface area (Å²) in [6, 6.07) is 5.38. The third-order valence-electron chi connectivity index (χ3n) is 6.26. The van der Waals surface area contributed by atoms with Gasteiger partial charge in [-0.1, -0.05) is 0 Å². The first-order valence-electron chi connectivity index (χ1n) is 10.8. The van der Waals surface area contributed by atoms with Crippen molar-refractivity contribution in [1.29, 1.82) is 0 Å². The standard InChI is InChI=1S/C23H20F4N6O/c1-12-2-4-16(20(31-12)21-29-9-15(24)10-30-21)22(34)33-11-13-6-17(18(33)7-13)32-19-5-3-14(8-28-19)23(25,26)27/h2-5,8-10,13,17-18H,6-7,11H2,1H3,(H,28,32)/t13-,17-,18+/m1/s1. The molecular formula is C23H20F4N6O. The second-order valence-electron chi connectivity index (χ2n) is 8.62. The number of nitrogens with zero attached hydrogens (tertiary/aromatic N) is 5. The summed E-state index contributed by atoms with van der Waals surface area (Å²) in [5.41, 5.74) is 0.443. The molecule has 1 saturated heterocycles. The maximum atomic E-state index is 13.6. The Bertz CT molecular complexity index is 1220. The van der Waals surface area contributed by atoms with Gasteiger partial charge >= 0.3 is 6.18 Å². The van der Waals surface area contributed by atoms with Gasteiger partial charge in [0.2, 0.25) is 0 Å². The number of carbonyl (C=O) groups is 1. The molecule has 34 heavy (non-hydrogen) atoms. The third kappa shape index (κ3) is 4.17. The van der Waals surface area contributed by atoms with Crippen LogP contribution in [0.1, 0.15) is 34.5 Å². The topological polar surface area (TPSA) is 83.9 Å². The van der Waals surface area contributed by atoms with E-state index >= 15 is 0 Å². The number of likely N-dealkylation sites (tertiary alicyclic amines) is 1. The minimum Gasteiger partial charge on any atom is -0.365 e. The number of pyridine rings is 2. The number of hydrogen-bond donors (Lipinski definition) is 1. The van der Waals surface area contributed by atoms with E-state index in [2.05, 4.69) is 25.3 Å². The molecule has 3 aromatic rings. The number of anilines is 1. The maximum absolute atomic E-state index is 13.6. The predicted octanol–water partition coefficient (Wildman–Crippen LogP) is 4.12. The van der Waals surface area contributed by atoms with Crippen LogP contribution in [0.3, 0.4) is 0 Å². The maximum Gasteiger partial charge on any atom is 0.417 e. The van der Waals surface area contributed by atoms with Gasteiger partial charge < -0.3 is 10.2 Å². The van der Waals surface area contributed by atoms with Crippen LogP contribution in [-0.2, 0) is 6.18 Å². The number of nitrogens with one attached hydrogen (secondary N) is 1. The van der Waals surface area contributed by atoms with E-state index in [-0.39, 0.29) is 35.4 Å². The summed E-state index contributed by atoms with van der Waals surface area (Å²) in [6.45, 7) is 2.34. The summed E-state index contributed by atoms with van der Waals surface area (Å²) in [6.07, 6.45) is -0.0333. The number of aromatic nitrogens is 4. The largest absolute Gasteiger partial charge is 0.417 e. The van der Waals surface area contributed by atoms with Gasteiger partial charge in [0, 0.05) is 24.5 Å². The number of piperidine rings is 1. The molecule has 11 heteroatoms. The van der Waals surface area contributed by atoms with Gasteiger partial charge in [-0.15, -0.1) is 0 Å². The molecule has 1 amide bonds. The quantitative estimate of drug-likeness (QED) is 0.576. The Morgan fingerprint density at radius 3 is 2.47 bits per heavy atom. The number of alkyl halides is 3. The van der Waals surface area contributed by atoms with Crippen molar-refractivity contribution in [3.63, 3.8) is 0 Å². The van der Waals surface area contributed by atoms with E-state index < -0.39 is 17.6 Å². The van der Waals surface area contributed by atoms with E-state index in [1.165, 1.54) is 6.07 Å². The van der Waals surface area contributed by atoms with Crippen LogP contribution in [0.25, 0.3) is 11.5 Å². The molecule has 5 rings (SSSR count). The number of halogens is 4. The van der Waals surface area contributed by atoms with Crippen molar-refractivity contribution in [2.75, 3.05) is 11.9 Å². The zero-order valence-corrected chi connectivity index (χ0v) is 18.1. The highest BCUT2D eigenvalue weighted by molar-refractivity contribution is 5.99. The number of aryl methyl sites for hydroxylation is 1. The first-order valence-corrected chi connectivity index (χ1v) is 10.8. The average molecular weight is 472 g/mol. The molecule has 0 aromatic carbocycles. The normalized spacial score (nSPS) is 21.7. The summed E-state index contributed by atoms with van der Waals surface area (Å²) in [5, 5.41) is 3.19. The smallest absolute Gasteiger partial charge is 0.365 e. The molecule has 4 heterocycles. The van der Waals surface area contributed by atoms with Gasteiger partial charge in [0.05, 0.1) is 29.6 Å². The Labute approximate surface area is 192 Å². The molecule has 2 aliphatic rings. The molecule has 0 spiro atoms. The summed E-state index contributed by atoms with van der Waals surface area (Å²) >= 11 is 0. The van der Waals surface area contributed by atoms with Crippen molar-refractivity contribution in [2.45, 2.75) is 38.0 Å². The van der Waals surface area contributed by atoms with Gasteiger partial charge in [-0.25, -0.2) is 24.3 Å². The first kappa shape index (κ1) is 22.2. The lowest BCUT2D eigenvalue weighted by Crippen LogP contribution is -2.48. The SMILES string of the molecule is Cc1ccc(C(=O)N2C[C@@H]3C[C@@H](Nc4ccc(C(F)(F)F)cn4)[C@@H]2C3)c(-c2ncc(F)cn2)n1. The fourth-order valence-electron chi connectivity index (χ4n) is 4.74. The Morgan fingerprint density at radius 2 is 1.82 bits per heavy atom. The van der Waals surface area contributed by atoms with Crippen LogP contribution >= 0.6 is 0 Å². The van der Waals surface area contributed by atoms with Gasteiger partial charge in [0.15, 0.2) is 11.6 Å². The summed E-state index contributed by atoms with van der Waals surface area (Å²) in [5.74, 6) is -0.0802. The molecule has 3 aromatic heterocycles. The van der Waals surface area contributed by atoms with Crippen LogP contribution in [-0.4, -0.2) is 49.4 Å². The van der Waals surface area contributed by atoms with Gasteiger partial charge in [0.1, 0.15) is 11.5 Å². The molecular weight excluding hydrogens is 452 g/mol. The molecule has 7 nitrogen and oxygen atoms in total. The van der Waals surface area contributed by atoms with Crippen molar-refractivity contribution in [1.82, 2.24) is 24.8 Å². The molecule has 1 saturated carbocycles. The van der Waals surface area contributed by atoms with E-state index in [9.17, 15) is 22.4 Å². The van der Waals surface area contributed by atoms with Gasteiger partial charge in [-0.2, -0.15) is 13.2 Å². The Kier molecular flexibility index (Phi) is 5.41. The molecule has 0 radical (unpaired) electrons. The van der Waals surface area contributed by atoms with E-state index in [1.54, 1.807) is 24.0 Å². The second kappa shape index (κ2) is 8.30. The van der Waals surface area contributed by atoms with Crippen LogP contribution in [0.2, 0.25) is 0 Å². The molecule has 1 N–H and O–H groups in total. The Balaban J connectivity index is 1.37. The lowest BCUT2D eigenvalue weighted by molar-refractivity contribution is -0.137. The fourth-order valence-corrected chi connectivity index (χ4v) is 4.74. The molecule has 2 fully saturated rings. The third-order valence-corrected chi connectivity index (χ3v) is 6.26. The van der Waals surface area contributed by atoms with E-state index in [0.29, 0.717) is 23.6 Å². The summed E-state index contributed by atoms with van der Waals surface area (Å²) in [7, 11) is 0. The van der Waals surface area contributed by atoms with Crippen LogP contribution in [0.5, 0.6) is 0 Å². The van der Waals surface area contributed by atoms with E-state index in [0.717, 1.165) is 37.5 Å². The van der Waals surface area contributed by atoms with Gasteiger partial charge in [0.25, 0.3) is 5.91 Å². The lowest BCUT2D eigenvalue weighted by atomic mass is 10.0. The summed E-state index contributed by atoms with van der Waals surface area (Å²) in [4.78, 5) is 31.6. The number of carbonyl (C=O) groups excluding carboxylic acids is 1. The highest BCUT2D eigenvalue weighted by Crippen LogP contribution is 2.40. The Morgan fingerprint density at radius 1 is 1.06 bits per heavy atom. The average Bonchev–Trinajstić information content (AvgIpc) is 3.39. The zero-order chi connectivity index (χ0) is 24.0. The van der Waals surface area contributed by atoms with Gasteiger partial charge in [-0.3, -0.25) is 4.79 Å². The van der Waals surface area contributed by atoms with Crippen molar-refractivity contribution in [3.05, 3.63) is 65.5 Å². The minimum atomic E-state index is -4.45. The first-order chi connectivity index (χ1) is 16.2. The van der Waals surface area contributed by atoms with Crippen LogP contribution < -0.4 is 5.32 Å². The van der Waals surface area contributed by atoms with Crippen molar-refractivity contribution < 1.29 is 22.4 Å². The number of amides is 1. The van der Waals surface area contributed by atoms with Crippen molar-refractivity contribution >= 4 is 11.7 Å². The van der Waals surface area contributed by atoms with Crippen LogP contribution in [0.15, 0.2) is 42.9 Å². The lowest BCUT2D eigenvalue weighted by Gasteiger charge is -2.34. The molecule has 1 aliphatic carbocycles. The van der Waals surface area contributed by atoms with Gasteiger partial charge in [-0.05, 0) is 49.9 Å². The molecule has 2 bridgehead atoms. The molecule has 1 aliphatic heterocycles. The Hall–Kier alpha value is -3.63. The zero-order valence-electron chi connectivity index (χ0n) is 18.1. The molecule has 176 valence electrons. The number of hydrogen-bond acceptors (Lipinski definition) is 6. The fraction of sp³-hybridized carbons (Fsp3) is 0.348. The highest BCUT2D eigenvalue weighted by atomic mass is 19.4. The minimum absolute atomic E-state index is 0.143. The predicted molar refractivity (Wildman–Crippen MR) is 114 cm³/mol. The summed E-state index contributed by atoms with van der Waals surface area (Å²) < 4.78 is 51.7. The monoisotopic (exact) mass is 472 g/mol. The van der Waals surface area contributed by atoms with E-state index in [4.69, 9.17) is 0 Å².